The van der Waals surface area contributed by atoms with Crippen LogP contribution in [-0.2, 0) is 4.74 Å². The molecular weight excluding hydrogens is 224 g/mol. The lowest BCUT2D eigenvalue weighted by atomic mass is 10.1. The van der Waals surface area contributed by atoms with E-state index in [1.165, 1.54) is 19.3 Å². The van der Waals surface area contributed by atoms with Gasteiger partial charge >= 0.3 is 0 Å². The predicted octanol–water partition coefficient (Wildman–Crippen LogP) is 2.65. The highest BCUT2D eigenvalue weighted by atomic mass is 16.5. The molecule has 1 rings (SSSR count). The Morgan fingerprint density at radius 3 is 2.61 bits per heavy atom. The standard InChI is InChI=1S/C15H32N2O/c1-6-17(12-14-8-7-11-18-14)13(2)9-10-16-15(3,4)5/h13-14,16H,6-12H2,1-5H3. The Bertz CT molecular complexity index is 219. The molecular formula is C15H32N2O. The summed E-state index contributed by atoms with van der Waals surface area (Å²) in [7, 11) is 0. The van der Waals surface area contributed by atoms with E-state index < -0.39 is 0 Å². The van der Waals surface area contributed by atoms with Crippen LogP contribution in [0, 0.1) is 0 Å². The predicted molar refractivity (Wildman–Crippen MR) is 78.1 cm³/mol. The van der Waals surface area contributed by atoms with Crippen molar-refractivity contribution in [1.82, 2.24) is 10.2 Å². The molecule has 2 atom stereocenters. The zero-order valence-corrected chi connectivity index (χ0v) is 13.0. The summed E-state index contributed by atoms with van der Waals surface area (Å²) in [5, 5.41) is 3.57. The van der Waals surface area contributed by atoms with E-state index in [1.54, 1.807) is 0 Å². The molecule has 3 nitrogen and oxygen atoms in total. The molecule has 1 N–H and O–H groups in total. The molecule has 0 radical (unpaired) electrons. The normalized spacial score (nSPS) is 22.7. The second kappa shape index (κ2) is 7.46. The van der Waals surface area contributed by atoms with Crippen molar-refractivity contribution < 1.29 is 4.74 Å². The second-order valence-electron chi connectivity index (χ2n) is 6.54. The van der Waals surface area contributed by atoms with E-state index in [9.17, 15) is 0 Å². The van der Waals surface area contributed by atoms with Crippen molar-refractivity contribution in [3.8, 4) is 0 Å². The molecule has 0 aromatic heterocycles. The molecule has 1 heterocycles. The van der Waals surface area contributed by atoms with Gasteiger partial charge in [0.25, 0.3) is 0 Å². The van der Waals surface area contributed by atoms with Gasteiger partial charge in [-0.3, -0.25) is 4.90 Å². The van der Waals surface area contributed by atoms with E-state index in [2.05, 4.69) is 44.8 Å². The first kappa shape index (κ1) is 15.9. The lowest BCUT2D eigenvalue weighted by Gasteiger charge is -2.31. The molecule has 0 aliphatic carbocycles. The average Bonchev–Trinajstić information content (AvgIpc) is 2.76. The Hall–Kier alpha value is -0.120. The first-order valence-electron chi connectivity index (χ1n) is 7.53. The van der Waals surface area contributed by atoms with Gasteiger partial charge in [0.2, 0.25) is 0 Å². The largest absolute Gasteiger partial charge is 0.377 e. The van der Waals surface area contributed by atoms with Gasteiger partial charge in [-0.15, -0.1) is 0 Å². The number of nitrogens with zero attached hydrogens (tertiary/aromatic N) is 1. The smallest absolute Gasteiger partial charge is 0.0702 e. The summed E-state index contributed by atoms with van der Waals surface area (Å²) in [6.45, 7) is 15.5. The molecule has 2 unspecified atom stereocenters. The summed E-state index contributed by atoms with van der Waals surface area (Å²) >= 11 is 0. The summed E-state index contributed by atoms with van der Waals surface area (Å²) in [6, 6.07) is 0.633. The Balaban J connectivity index is 2.25. The number of ether oxygens (including phenoxy) is 1. The Morgan fingerprint density at radius 1 is 1.39 bits per heavy atom. The van der Waals surface area contributed by atoms with Crippen LogP contribution in [-0.4, -0.2) is 48.8 Å². The minimum absolute atomic E-state index is 0.228. The molecule has 0 amide bonds. The van der Waals surface area contributed by atoms with Crippen LogP contribution >= 0.6 is 0 Å². The van der Waals surface area contributed by atoms with Gasteiger partial charge in [0, 0.05) is 24.7 Å². The highest BCUT2D eigenvalue weighted by Crippen LogP contribution is 2.15. The van der Waals surface area contributed by atoms with Gasteiger partial charge in [-0.05, 0) is 60.0 Å². The van der Waals surface area contributed by atoms with Crippen LogP contribution in [0.2, 0.25) is 0 Å². The van der Waals surface area contributed by atoms with E-state index in [4.69, 9.17) is 4.74 Å². The number of hydrogen-bond acceptors (Lipinski definition) is 3. The van der Waals surface area contributed by atoms with E-state index in [0.29, 0.717) is 12.1 Å². The van der Waals surface area contributed by atoms with Gasteiger partial charge in [0.1, 0.15) is 0 Å². The Morgan fingerprint density at radius 2 is 2.11 bits per heavy atom. The maximum atomic E-state index is 5.74. The summed E-state index contributed by atoms with van der Waals surface area (Å²) < 4.78 is 5.74. The second-order valence-corrected chi connectivity index (χ2v) is 6.54. The van der Waals surface area contributed by atoms with E-state index >= 15 is 0 Å². The fraction of sp³-hybridized carbons (Fsp3) is 1.00. The van der Waals surface area contributed by atoms with Crippen molar-refractivity contribution in [2.75, 3.05) is 26.2 Å². The van der Waals surface area contributed by atoms with Gasteiger partial charge in [-0.2, -0.15) is 0 Å². The Kier molecular flexibility index (Phi) is 6.61. The summed E-state index contributed by atoms with van der Waals surface area (Å²) in [5.41, 5.74) is 0.228. The maximum Gasteiger partial charge on any atom is 0.0702 e. The summed E-state index contributed by atoms with van der Waals surface area (Å²) in [5.74, 6) is 0. The van der Waals surface area contributed by atoms with E-state index in [-0.39, 0.29) is 5.54 Å². The third-order valence-corrected chi connectivity index (χ3v) is 3.71. The lowest BCUT2D eigenvalue weighted by molar-refractivity contribution is 0.0602. The van der Waals surface area contributed by atoms with Crippen molar-refractivity contribution in [2.24, 2.45) is 0 Å². The number of rotatable bonds is 7. The molecule has 0 bridgehead atoms. The molecule has 1 aliphatic heterocycles. The van der Waals surface area contributed by atoms with Crippen molar-refractivity contribution in [3.63, 3.8) is 0 Å². The fourth-order valence-corrected chi connectivity index (χ4v) is 2.51. The van der Waals surface area contributed by atoms with Crippen LogP contribution < -0.4 is 5.32 Å². The molecule has 0 spiro atoms. The summed E-state index contributed by atoms with van der Waals surface area (Å²) in [6.07, 6.45) is 4.16. The van der Waals surface area contributed by atoms with Crippen LogP contribution in [0.4, 0.5) is 0 Å². The van der Waals surface area contributed by atoms with Crippen LogP contribution in [0.1, 0.15) is 53.9 Å². The van der Waals surface area contributed by atoms with Gasteiger partial charge in [0.15, 0.2) is 0 Å². The highest BCUT2D eigenvalue weighted by Gasteiger charge is 2.21. The molecule has 1 saturated heterocycles. The highest BCUT2D eigenvalue weighted by molar-refractivity contribution is 4.76. The minimum Gasteiger partial charge on any atom is -0.377 e. The fourth-order valence-electron chi connectivity index (χ4n) is 2.51. The van der Waals surface area contributed by atoms with E-state index in [1.807, 2.05) is 0 Å². The van der Waals surface area contributed by atoms with Crippen LogP contribution in [0.5, 0.6) is 0 Å². The molecule has 3 heteroatoms. The summed E-state index contributed by atoms with van der Waals surface area (Å²) in [4.78, 5) is 2.56. The Labute approximate surface area is 113 Å². The quantitative estimate of drug-likeness (QED) is 0.758. The van der Waals surface area contributed by atoms with Gasteiger partial charge in [-0.1, -0.05) is 6.92 Å². The van der Waals surface area contributed by atoms with Crippen LogP contribution in [0.15, 0.2) is 0 Å². The van der Waals surface area contributed by atoms with Crippen LogP contribution in [0.25, 0.3) is 0 Å². The molecule has 108 valence electrons. The molecule has 0 saturated carbocycles. The molecule has 1 aliphatic rings. The SMILES string of the molecule is CCN(CC1CCCO1)C(C)CCNC(C)(C)C. The first-order valence-corrected chi connectivity index (χ1v) is 7.53. The van der Waals surface area contributed by atoms with E-state index in [0.717, 1.165) is 26.2 Å². The molecule has 1 fully saturated rings. The maximum absolute atomic E-state index is 5.74. The monoisotopic (exact) mass is 256 g/mol. The zero-order valence-electron chi connectivity index (χ0n) is 13.0. The van der Waals surface area contributed by atoms with Gasteiger partial charge < -0.3 is 10.1 Å². The number of likely N-dealkylation sites (N-methyl/N-ethyl adjacent to an activating group) is 1. The van der Waals surface area contributed by atoms with Crippen molar-refractivity contribution in [2.45, 2.75) is 71.6 Å². The van der Waals surface area contributed by atoms with Crippen molar-refractivity contribution in [1.29, 1.82) is 0 Å². The van der Waals surface area contributed by atoms with Crippen LogP contribution in [0.3, 0.4) is 0 Å². The molecule has 18 heavy (non-hydrogen) atoms. The third-order valence-electron chi connectivity index (χ3n) is 3.71. The minimum atomic E-state index is 0.228. The zero-order chi connectivity index (χ0) is 13.6. The average molecular weight is 256 g/mol. The lowest BCUT2D eigenvalue weighted by Crippen LogP contribution is -2.42. The molecule has 0 aromatic rings. The van der Waals surface area contributed by atoms with Gasteiger partial charge in [-0.25, -0.2) is 0 Å². The first-order chi connectivity index (χ1) is 8.42. The topological polar surface area (TPSA) is 24.5 Å². The van der Waals surface area contributed by atoms with Crippen molar-refractivity contribution >= 4 is 0 Å². The van der Waals surface area contributed by atoms with Gasteiger partial charge in [0.05, 0.1) is 6.10 Å². The number of nitrogens with one attached hydrogen (secondary N) is 1. The van der Waals surface area contributed by atoms with Crippen molar-refractivity contribution in [3.05, 3.63) is 0 Å². The third kappa shape index (κ3) is 6.17. The molecule has 0 aromatic carbocycles. The number of hydrogen-bond donors (Lipinski definition) is 1.